The Labute approximate surface area is 123 Å². The van der Waals surface area contributed by atoms with Gasteiger partial charge in [0.2, 0.25) is 0 Å². The highest BCUT2D eigenvalue weighted by Crippen LogP contribution is 2.34. The van der Waals surface area contributed by atoms with Crippen LogP contribution in [0, 0.1) is 6.92 Å². The van der Waals surface area contributed by atoms with Crippen molar-refractivity contribution >= 4 is 0 Å². The van der Waals surface area contributed by atoms with Gasteiger partial charge in [-0.2, -0.15) is 5.10 Å². The zero-order valence-corrected chi connectivity index (χ0v) is 12.3. The largest absolute Gasteiger partial charge is 0.486 e. The van der Waals surface area contributed by atoms with E-state index in [0.717, 1.165) is 35.0 Å². The van der Waals surface area contributed by atoms with Crippen LogP contribution < -0.4 is 20.7 Å². The molecule has 1 aliphatic heterocycles. The standard InChI is InChI=1S/C15H20N4O2/c1-3-19-12(8-10(2)18-19)15(17-16)11-4-5-13-14(9-11)21-7-6-20-13/h4-5,8-9,15,17H,3,6-7,16H2,1-2H3. The van der Waals surface area contributed by atoms with Crippen molar-refractivity contribution < 1.29 is 9.47 Å². The first-order chi connectivity index (χ1) is 10.2. The van der Waals surface area contributed by atoms with E-state index < -0.39 is 0 Å². The molecule has 0 bridgehead atoms. The number of hydrogen-bond acceptors (Lipinski definition) is 5. The molecule has 1 aromatic heterocycles. The number of nitrogens with zero attached hydrogens (tertiary/aromatic N) is 2. The molecule has 6 nitrogen and oxygen atoms in total. The van der Waals surface area contributed by atoms with Gasteiger partial charge in [-0.3, -0.25) is 10.5 Å². The Hall–Kier alpha value is -2.05. The molecule has 21 heavy (non-hydrogen) atoms. The van der Waals surface area contributed by atoms with Crippen LogP contribution in [-0.4, -0.2) is 23.0 Å². The number of benzene rings is 1. The predicted octanol–water partition coefficient (Wildman–Crippen LogP) is 1.54. The summed E-state index contributed by atoms with van der Waals surface area (Å²) in [6.45, 7) is 6.00. The van der Waals surface area contributed by atoms with E-state index in [2.05, 4.69) is 17.4 Å². The number of aromatic nitrogens is 2. The highest BCUT2D eigenvalue weighted by molar-refractivity contribution is 5.46. The van der Waals surface area contributed by atoms with E-state index in [1.807, 2.05) is 35.9 Å². The number of hydrazine groups is 1. The molecular weight excluding hydrogens is 268 g/mol. The zero-order valence-electron chi connectivity index (χ0n) is 12.3. The first-order valence-corrected chi connectivity index (χ1v) is 7.13. The van der Waals surface area contributed by atoms with Crippen molar-refractivity contribution in [2.24, 2.45) is 5.84 Å². The van der Waals surface area contributed by atoms with Gasteiger partial charge >= 0.3 is 0 Å². The summed E-state index contributed by atoms with van der Waals surface area (Å²) in [5.41, 5.74) is 5.91. The van der Waals surface area contributed by atoms with Crippen LogP contribution in [-0.2, 0) is 6.54 Å². The molecule has 0 fully saturated rings. The summed E-state index contributed by atoms with van der Waals surface area (Å²) in [5.74, 6) is 7.32. The molecular formula is C15H20N4O2. The molecule has 0 aliphatic carbocycles. The normalized spacial score (nSPS) is 15.0. The minimum absolute atomic E-state index is 0.137. The minimum atomic E-state index is -0.137. The zero-order chi connectivity index (χ0) is 14.8. The van der Waals surface area contributed by atoms with Crippen molar-refractivity contribution in [2.45, 2.75) is 26.4 Å². The van der Waals surface area contributed by atoms with Crippen LogP contribution in [0.2, 0.25) is 0 Å². The Morgan fingerprint density at radius 3 is 2.76 bits per heavy atom. The Morgan fingerprint density at radius 1 is 1.29 bits per heavy atom. The topological polar surface area (TPSA) is 74.3 Å². The first-order valence-electron chi connectivity index (χ1n) is 7.13. The Balaban J connectivity index is 1.99. The SMILES string of the molecule is CCn1nc(C)cc1C(NN)c1ccc2c(c1)OCCO2. The molecule has 2 heterocycles. The van der Waals surface area contributed by atoms with Crippen LogP contribution in [0.3, 0.4) is 0 Å². The highest BCUT2D eigenvalue weighted by Gasteiger charge is 2.20. The molecule has 2 aromatic rings. The molecule has 1 unspecified atom stereocenters. The number of ether oxygens (including phenoxy) is 2. The molecule has 1 atom stereocenters. The fourth-order valence-electron chi connectivity index (χ4n) is 2.64. The molecule has 3 rings (SSSR count). The third-order valence-electron chi connectivity index (χ3n) is 3.59. The predicted molar refractivity (Wildman–Crippen MR) is 79.2 cm³/mol. The monoisotopic (exact) mass is 288 g/mol. The molecule has 0 amide bonds. The number of nitrogens with one attached hydrogen (secondary N) is 1. The average molecular weight is 288 g/mol. The second-order valence-corrected chi connectivity index (χ2v) is 5.03. The summed E-state index contributed by atoms with van der Waals surface area (Å²) in [4.78, 5) is 0. The van der Waals surface area contributed by atoms with E-state index in [0.29, 0.717) is 13.2 Å². The molecule has 0 radical (unpaired) electrons. The number of fused-ring (bicyclic) bond motifs is 1. The average Bonchev–Trinajstić information content (AvgIpc) is 2.89. The van der Waals surface area contributed by atoms with E-state index in [4.69, 9.17) is 15.3 Å². The van der Waals surface area contributed by atoms with Crippen molar-refractivity contribution in [1.29, 1.82) is 0 Å². The van der Waals surface area contributed by atoms with E-state index in [1.165, 1.54) is 0 Å². The van der Waals surface area contributed by atoms with Gasteiger partial charge in [0.1, 0.15) is 13.2 Å². The lowest BCUT2D eigenvalue weighted by atomic mass is 10.0. The van der Waals surface area contributed by atoms with Crippen molar-refractivity contribution in [2.75, 3.05) is 13.2 Å². The van der Waals surface area contributed by atoms with Gasteiger partial charge in [-0.15, -0.1) is 0 Å². The highest BCUT2D eigenvalue weighted by atomic mass is 16.6. The number of hydrogen-bond donors (Lipinski definition) is 2. The van der Waals surface area contributed by atoms with Crippen LogP contribution >= 0.6 is 0 Å². The number of nitrogens with two attached hydrogens (primary N) is 1. The molecule has 0 spiro atoms. The summed E-state index contributed by atoms with van der Waals surface area (Å²) >= 11 is 0. The van der Waals surface area contributed by atoms with Gasteiger partial charge in [0, 0.05) is 6.54 Å². The Morgan fingerprint density at radius 2 is 2.05 bits per heavy atom. The lowest BCUT2D eigenvalue weighted by molar-refractivity contribution is 0.171. The third kappa shape index (κ3) is 2.59. The van der Waals surface area contributed by atoms with Gasteiger partial charge in [0.15, 0.2) is 11.5 Å². The fraction of sp³-hybridized carbons (Fsp3) is 0.400. The second-order valence-electron chi connectivity index (χ2n) is 5.03. The molecule has 0 saturated heterocycles. The minimum Gasteiger partial charge on any atom is -0.486 e. The van der Waals surface area contributed by atoms with Crippen molar-refractivity contribution in [1.82, 2.24) is 15.2 Å². The van der Waals surface area contributed by atoms with Crippen LogP contribution in [0.5, 0.6) is 11.5 Å². The summed E-state index contributed by atoms with van der Waals surface area (Å²) < 4.78 is 13.1. The summed E-state index contributed by atoms with van der Waals surface area (Å²) in [6, 6.07) is 7.81. The molecule has 1 aliphatic rings. The van der Waals surface area contributed by atoms with Gasteiger partial charge in [0.25, 0.3) is 0 Å². The lowest BCUT2D eigenvalue weighted by Crippen LogP contribution is -2.30. The fourth-order valence-corrected chi connectivity index (χ4v) is 2.64. The maximum absolute atomic E-state index is 5.78. The molecule has 0 saturated carbocycles. The number of aryl methyl sites for hydroxylation is 2. The molecule has 1 aromatic carbocycles. The van der Waals surface area contributed by atoms with E-state index >= 15 is 0 Å². The van der Waals surface area contributed by atoms with Crippen LogP contribution in [0.25, 0.3) is 0 Å². The van der Waals surface area contributed by atoms with Gasteiger partial charge < -0.3 is 9.47 Å². The summed E-state index contributed by atoms with van der Waals surface area (Å²) in [5, 5.41) is 4.48. The Bertz CT molecular complexity index is 639. The van der Waals surface area contributed by atoms with Crippen LogP contribution in [0.4, 0.5) is 0 Å². The number of rotatable bonds is 4. The third-order valence-corrected chi connectivity index (χ3v) is 3.59. The second kappa shape index (κ2) is 5.75. The van der Waals surface area contributed by atoms with Crippen molar-refractivity contribution in [3.63, 3.8) is 0 Å². The first kappa shape index (κ1) is 13.9. The summed E-state index contributed by atoms with van der Waals surface area (Å²) in [6.07, 6.45) is 0. The van der Waals surface area contributed by atoms with Crippen LogP contribution in [0.1, 0.15) is 29.9 Å². The van der Waals surface area contributed by atoms with Crippen molar-refractivity contribution in [3.05, 3.63) is 41.2 Å². The smallest absolute Gasteiger partial charge is 0.161 e. The molecule has 6 heteroatoms. The maximum atomic E-state index is 5.78. The van der Waals surface area contributed by atoms with Crippen molar-refractivity contribution in [3.8, 4) is 11.5 Å². The van der Waals surface area contributed by atoms with E-state index in [-0.39, 0.29) is 6.04 Å². The van der Waals surface area contributed by atoms with Gasteiger partial charge in [-0.05, 0) is 37.6 Å². The maximum Gasteiger partial charge on any atom is 0.161 e. The van der Waals surface area contributed by atoms with E-state index in [1.54, 1.807) is 0 Å². The quantitative estimate of drug-likeness (QED) is 0.659. The van der Waals surface area contributed by atoms with Gasteiger partial charge in [0.05, 0.1) is 17.4 Å². The molecule has 112 valence electrons. The van der Waals surface area contributed by atoms with E-state index in [9.17, 15) is 0 Å². The lowest BCUT2D eigenvalue weighted by Gasteiger charge is -2.22. The molecule has 3 N–H and O–H groups in total. The van der Waals surface area contributed by atoms with Gasteiger partial charge in [-0.1, -0.05) is 6.07 Å². The van der Waals surface area contributed by atoms with Crippen LogP contribution in [0.15, 0.2) is 24.3 Å². The summed E-state index contributed by atoms with van der Waals surface area (Å²) in [7, 11) is 0. The van der Waals surface area contributed by atoms with Gasteiger partial charge in [-0.25, -0.2) is 5.43 Å². The Kier molecular flexibility index (Phi) is 3.81.